The number of ether oxygens (including phenoxy) is 1. The summed E-state index contributed by atoms with van der Waals surface area (Å²) in [6.07, 6.45) is 3.62. The van der Waals surface area contributed by atoms with Crippen molar-refractivity contribution in [2.75, 3.05) is 5.32 Å². The average molecular weight is 369 g/mol. The van der Waals surface area contributed by atoms with Crippen LogP contribution in [0.15, 0.2) is 48.7 Å². The molecule has 1 aromatic heterocycles. The lowest BCUT2D eigenvalue weighted by Crippen LogP contribution is -2.28. The highest BCUT2D eigenvalue weighted by molar-refractivity contribution is 6.31. The molecule has 1 aliphatic rings. The summed E-state index contributed by atoms with van der Waals surface area (Å²) in [5, 5.41) is 4.76. The van der Waals surface area contributed by atoms with E-state index in [1.807, 2.05) is 62.5 Å². The lowest BCUT2D eigenvalue weighted by atomic mass is 9.94. The van der Waals surface area contributed by atoms with Crippen LogP contribution in [0.5, 0.6) is 5.75 Å². The maximum Gasteiger partial charge on any atom is 0.235 e. The third-order valence-corrected chi connectivity index (χ3v) is 5.08. The van der Waals surface area contributed by atoms with Gasteiger partial charge in [0.05, 0.1) is 17.2 Å². The van der Waals surface area contributed by atoms with Gasteiger partial charge < -0.3 is 15.0 Å². The van der Waals surface area contributed by atoms with E-state index in [1.54, 1.807) is 0 Å². The molecule has 0 spiro atoms. The summed E-state index contributed by atoms with van der Waals surface area (Å²) < 4.78 is 5.82. The third kappa shape index (κ3) is 2.95. The Morgan fingerprint density at radius 1 is 1.23 bits per heavy atom. The van der Waals surface area contributed by atoms with Crippen molar-refractivity contribution in [1.82, 2.24) is 4.98 Å². The molecule has 1 heterocycles. The summed E-state index contributed by atoms with van der Waals surface area (Å²) in [6, 6.07) is 13.3. The predicted molar refractivity (Wildman–Crippen MR) is 105 cm³/mol. The average Bonchev–Trinajstić information content (AvgIpc) is 3.30. The van der Waals surface area contributed by atoms with Crippen molar-refractivity contribution in [2.24, 2.45) is 0 Å². The Bertz CT molecular complexity index is 973. The summed E-state index contributed by atoms with van der Waals surface area (Å²) in [4.78, 5) is 16.4. The molecule has 2 N–H and O–H groups in total. The Hall–Kier alpha value is -2.46. The minimum Gasteiger partial charge on any atom is -0.489 e. The second-order valence-electron chi connectivity index (χ2n) is 7.09. The number of hydrogen-bond donors (Lipinski definition) is 2. The van der Waals surface area contributed by atoms with Crippen LogP contribution in [0.4, 0.5) is 5.69 Å². The highest BCUT2D eigenvalue weighted by Gasteiger charge is 2.52. The molecule has 1 amide bonds. The van der Waals surface area contributed by atoms with Crippen LogP contribution in [0.25, 0.3) is 10.9 Å². The molecule has 0 unspecified atom stereocenters. The minimum atomic E-state index is -0.506. The number of anilines is 1. The van der Waals surface area contributed by atoms with E-state index >= 15 is 0 Å². The molecule has 0 saturated heterocycles. The molecule has 0 aliphatic heterocycles. The first-order valence-corrected chi connectivity index (χ1v) is 9.22. The second kappa shape index (κ2) is 6.36. The molecule has 3 aromatic rings. The monoisotopic (exact) mass is 368 g/mol. The number of para-hydroxylation sites is 2. The molecule has 5 heteroatoms. The molecule has 1 saturated carbocycles. The van der Waals surface area contributed by atoms with Crippen molar-refractivity contribution in [3.05, 3.63) is 59.2 Å². The minimum absolute atomic E-state index is 0.00168. The Labute approximate surface area is 157 Å². The largest absolute Gasteiger partial charge is 0.489 e. The maximum atomic E-state index is 13.1. The van der Waals surface area contributed by atoms with Gasteiger partial charge in [0.2, 0.25) is 5.91 Å². The number of halogens is 1. The molecule has 4 rings (SSSR count). The van der Waals surface area contributed by atoms with Gasteiger partial charge in [-0.2, -0.15) is 0 Å². The summed E-state index contributed by atoms with van der Waals surface area (Å²) in [6.45, 7) is 3.94. The van der Waals surface area contributed by atoms with E-state index in [-0.39, 0.29) is 12.0 Å². The number of aromatic amines is 1. The molecule has 1 aliphatic carbocycles. The molecule has 26 heavy (non-hydrogen) atoms. The van der Waals surface area contributed by atoms with Gasteiger partial charge in [-0.1, -0.05) is 23.7 Å². The normalized spacial score (nSPS) is 15.2. The zero-order valence-corrected chi connectivity index (χ0v) is 15.6. The van der Waals surface area contributed by atoms with E-state index in [2.05, 4.69) is 10.3 Å². The highest BCUT2D eigenvalue weighted by atomic mass is 35.5. The Kier molecular flexibility index (Phi) is 4.16. The van der Waals surface area contributed by atoms with Gasteiger partial charge in [0.1, 0.15) is 5.75 Å². The smallest absolute Gasteiger partial charge is 0.235 e. The molecule has 1 fully saturated rings. The number of rotatable bonds is 5. The fraction of sp³-hybridized carbons (Fsp3) is 0.286. The Morgan fingerprint density at radius 3 is 2.73 bits per heavy atom. The topological polar surface area (TPSA) is 54.1 Å². The quantitative estimate of drug-likeness (QED) is 0.643. The van der Waals surface area contributed by atoms with Crippen molar-refractivity contribution in [2.45, 2.75) is 38.2 Å². The maximum absolute atomic E-state index is 13.1. The van der Waals surface area contributed by atoms with Crippen molar-refractivity contribution in [3.8, 4) is 5.75 Å². The van der Waals surface area contributed by atoms with Gasteiger partial charge >= 0.3 is 0 Å². The first-order valence-electron chi connectivity index (χ1n) is 8.84. The van der Waals surface area contributed by atoms with Crippen LogP contribution in [-0.2, 0) is 10.2 Å². The van der Waals surface area contributed by atoms with E-state index in [0.29, 0.717) is 16.5 Å². The van der Waals surface area contributed by atoms with Gasteiger partial charge in [0.15, 0.2) is 0 Å². The van der Waals surface area contributed by atoms with Gasteiger partial charge in [0, 0.05) is 22.1 Å². The first kappa shape index (κ1) is 17.0. The summed E-state index contributed by atoms with van der Waals surface area (Å²) in [5.74, 6) is 0.687. The van der Waals surface area contributed by atoms with Crippen LogP contribution in [0.3, 0.4) is 0 Å². The molecule has 0 atom stereocenters. The van der Waals surface area contributed by atoms with E-state index in [4.69, 9.17) is 16.3 Å². The number of fused-ring (bicyclic) bond motifs is 1. The van der Waals surface area contributed by atoms with Crippen LogP contribution in [0.2, 0.25) is 5.02 Å². The van der Waals surface area contributed by atoms with Crippen LogP contribution >= 0.6 is 11.6 Å². The van der Waals surface area contributed by atoms with E-state index in [1.165, 1.54) is 0 Å². The van der Waals surface area contributed by atoms with E-state index in [9.17, 15) is 4.79 Å². The van der Waals surface area contributed by atoms with Crippen LogP contribution in [0.1, 0.15) is 32.3 Å². The molecule has 0 bridgehead atoms. The van der Waals surface area contributed by atoms with Crippen LogP contribution in [-0.4, -0.2) is 17.0 Å². The highest BCUT2D eigenvalue weighted by Crippen LogP contribution is 2.51. The second-order valence-corrected chi connectivity index (χ2v) is 7.53. The lowest BCUT2D eigenvalue weighted by molar-refractivity contribution is -0.118. The SMILES string of the molecule is CC(C)Oc1ccccc1NC(=O)C1(c2c[nH]c3ccc(Cl)cc23)CC1. The lowest BCUT2D eigenvalue weighted by Gasteiger charge is -2.18. The number of H-pyrrole nitrogens is 1. The van der Waals surface area contributed by atoms with Crippen molar-refractivity contribution in [1.29, 1.82) is 0 Å². The van der Waals surface area contributed by atoms with Gasteiger partial charge in [-0.25, -0.2) is 0 Å². The van der Waals surface area contributed by atoms with Crippen LogP contribution in [0, 0.1) is 0 Å². The molecule has 134 valence electrons. The molecular formula is C21H21ClN2O2. The van der Waals surface area contributed by atoms with Crippen LogP contribution < -0.4 is 10.1 Å². The molecule has 2 aromatic carbocycles. The summed E-state index contributed by atoms with van der Waals surface area (Å²) >= 11 is 6.17. The first-order chi connectivity index (χ1) is 12.5. The van der Waals surface area contributed by atoms with Gasteiger partial charge in [-0.3, -0.25) is 4.79 Å². The molecular weight excluding hydrogens is 348 g/mol. The number of aromatic nitrogens is 1. The number of nitrogens with one attached hydrogen (secondary N) is 2. The third-order valence-electron chi connectivity index (χ3n) is 4.84. The van der Waals surface area contributed by atoms with E-state index in [0.717, 1.165) is 29.3 Å². The number of amides is 1. The van der Waals surface area contributed by atoms with Gasteiger partial charge in [-0.15, -0.1) is 0 Å². The van der Waals surface area contributed by atoms with Crippen molar-refractivity contribution >= 4 is 34.1 Å². The predicted octanol–water partition coefficient (Wildman–Crippen LogP) is 5.28. The number of carbonyl (C=O) groups is 1. The summed E-state index contributed by atoms with van der Waals surface area (Å²) in [5.41, 5.74) is 2.20. The molecule has 0 radical (unpaired) electrons. The Morgan fingerprint density at radius 2 is 2.00 bits per heavy atom. The Balaban J connectivity index is 1.65. The van der Waals surface area contributed by atoms with E-state index < -0.39 is 5.41 Å². The zero-order chi connectivity index (χ0) is 18.3. The number of carbonyl (C=O) groups excluding carboxylic acids is 1. The van der Waals surface area contributed by atoms with Gasteiger partial charge in [-0.05, 0) is 62.6 Å². The zero-order valence-electron chi connectivity index (χ0n) is 14.8. The summed E-state index contributed by atoms with van der Waals surface area (Å²) in [7, 11) is 0. The fourth-order valence-corrected chi connectivity index (χ4v) is 3.57. The van der Waals surface area contributed by atoms with Gasteiger partial charge in [0.25, 0.3) is 0 Å². The number of hydrogen-bond acceptors (Lipinski definition) is 2. The van der Waals surface area contributed by atoms with Crippen molar-refractivity contribution < 1.29 is 9.53 Å². The van der Waals surface area contributed by atoms with Crippen molar-refractivity contribution in [3.63, 3.8) is 0 Å². The standard InChI is InChI=1S/C21H21ClN2O2/c1-13(2)26-19-6-4-3-5-18(19)24-20(25)21(9-10-21)16-12-23-17-8-7-14(22)11-15(16)17/h3-8,11-13,23H,9-10H2,1-2H3,(H,24,25). The molecule has 4 nitrogen and oxygen atoms in total. The fourth-order valence-electron chi connectivity index (χ4n) is 3.40. The number of benzene rings is 2.